The summed E-state index contributed by atoms with van der Waals surface area (Å²) in [5, 5.41) is 10.9. The summed E-state index contributed by atoms with van der Waals surface area (Å²) in [6.45, 7) is 17.0. The Bertz CT molecular complexity index is 1590. The van der Waals surface area contributed by atoms with Crippen LogP contribution in [0.3, 0.4) is 0 Å². The molecule has 16 nitrogen and oxygen atoms in total. The predicted octanol–water partition coefficient (Wildman–Crippen LogP) is 2.42. The number of likely N-dealkylation sites (tertiary alicyclic amines) is 1. The molecule has 0 bridgehead atoms. The lowest BCUT2D eigenvalue weighted by atomic mass is 9.85. The van der Waals surface area contributed by atoms with Crippen LogP contribution in [0.1, 0.15) is 78.5 Å². The van der Waals surface area contributed by atoms with E-state index in [1.807, 2.05) is 0 Å². The topological polar surface area (TPSA) is 215 Å². The average Bonchev–Trinajstić information content (AvgIpc) is 3.86. The molecule has 0 spiro atoms. The quantitative estimate of drug-likeness (QED) is 0.261. The van der Waals surface area contributed by atoms with Gasteiger partial charge in [-0.2, -0.15) is 0 Å². The highest BCUT2D eigenvalue weighted by Crippen LogP contribution is 2.45. The van der Waals surface area contributed by atoms with E-state index in [0.29, 0.717) is 24.1 Å². The van der Waals surface area contributed by atoms with E-state index in [2.05, 4.69) is 32.4 Å². The van der Waals surface area contributed by atoms with Crippen molar-refractivity contribution in [2.45, 2.75) is 116 Å². The summed E-state index contributed by atoms with van der Waals surface area (Å²) in [6.07, 6.45) is -0.512. The molecule has 0 aromatic carbocycles. The maximum absolute atomic E-state index is 14.2. The summed E-state index contributed by atoms with van der Waals surface area (Å²) in [6, 6.07) is -2.46. The van der Waals surface area contributed by atoms with Crippen LogP contribution in [0.2, 0.25) is 0 Å². The van der Waals surface area contributed by atoms with Crippen molar-refractivity contribution in [2.75, 3.05) is 11.9 Å². The Morgan fingerprint density at radius 3 is 2.23 bits per heavy atom. The third-order valence-electron chi connectivity index (χ3n) is 8.52. The van der Waals surface area contributed by atoms with Crippen molar-refractivity contribution in [1.29, 1.82) is 0 Å². The number of sulfonamides is 1. The Morgan fingerprint density at radius 2 is 1.73 bits per heavy atom. The van der Waals surface area contributed by atoms with Crippen molar-refractivity contribution >= 4 is 45.8 Å². The smallest absolute Gasteiger partial charge is 0.414 e. The van der Waals surface area contributed by atoms with Gasteiger partial charge in [-0.1, -0.05) is 32.0 Å². The molecule has 1 aromatic rings. The van der Waals surface area contributed by atoms with E-state index in [1.54, 1.807) is 55.4 Å². The van der Waals surface area contributed by atoms with Gasteiger partial charge < -0.3 is 29.5 Å². The summed E-state index contributed by atoms with van der Waals surface area (Å²) in [4.78, 5) is 68.3. The van der Waals surface area contributed by atoms with Gasteiger partial charge in [0.1, 0.15) is 29.3 Å². The Balaban J connectivity index is 1.59. The predicted molar refractivity (Wildman–Crippen MR) is 172 cm³/mol. The summed E-state index contributed by atoms with van der Waals surface area (Å²) >= 11 is 0. The molecule has 2 saturated carbocycles. The number of hydrogen-bond donors (Lipinski definition) is 4. The van der Waals surface area contributed by atoms with E-state index in [1.165, 1.54) is 11.0 Å². The second-order valence-electron chi connectivity index (χ2n) is 14.7. The van der Waals surface area contributed by atoms with Crippen molar-refractivity contribution in [1.82, 2.24) is 25.4 Å². The van der Waals surface area contributed by atoms with Gasteiger partial charge in [0.15, 0.2) is 0 Å². The fraction of sp³-hybridized carbons (Fsp3) is 0.677. The molecular weight excluding hydrogens is 648 g/mol. The Hall–Kier alpha value is -4.15. The second kappa shape index (κ2) is 13.0. The van der Waals surface area contributed by atoms with Crippen molar-refractivity contribution in [2.24, 2.45) is 11.3 Å². The molecule has 3 aliphatic rings. The number of anilines is 1. The normalized spacial score (nSPS) is 24.6. The monoisotopic (exact) mass is 694 g/mol. The molecule has 1 saturated heterocycles. The summed E-state index contributed by atoms with van der Waals surface area (Å²) in [5.74, 6) is -2.82. The van der Waals surface area contributed by atoms with Crippen molar-refractivity contribution < 1.29 is 46.4 Å². The zero-order valence-corrected chi connectivity index (χ0v) is 29.4. The fourth-order valence-electron chi connectivity index (χ4n) is 5.44. The molecule has 266 valence electrons. The number of aryl methyl sites for hydroxylation is 1. The molecule has 2 aliphatic carbocycles. The van der Waals surface area contributed by atoms with E-state index in [-0.39, 0.29) is 25.3 Å². The van der Waals surface area contributed by atoms with E-state index in [0.717, 1.165) is 0 Å². The maximum Gasteiger partial charge on any atom is 0.414 e. The van der Waals surface area contributed by atoms with Gasteiger partial charge in [-0.15, -0.1) is 6.58 Å². The van der Waals surface area contributed by atoms with Crippen LogP contribution in [0, 0.1) is 25.2 Å². The number of rotatable bonds is 10. The van der Waals surface area contributed by atoms with Crippen LogP contribution >= 0.6 is 0 Å². The number of alkyl carbamates (subject to hydrolysis) is 1. The van der Waals surface area contributed by atoms with Gasteiger partial charge in [-0.25, -0.2) is 18.0 Å². The first kappa shape index (κ1) is 36.7. The van der Waals surface area contributed by atoms with Crippen molar-refractivity contribution in [3.05, 3.63) is 23.9 Å². The zero-order chi connectivity index (χ0) is 36.0. The number of aromatic nitrogens is 1. The third kappa shape index (κ3) is 8.28. The average molecular weight is 695 g/mol. The molecule has 1 aliphatic heterocycles. The molecule has 5 atom stereocenters. The third-order valence-corrected chi connectivity index (χ3v) is 10.3. The first-order valence-electron chi connectivity index (χ1n) is 15.8. The molecule has 4 rings (SSSR count). The SMILES string of the molecule is C=CC1C[C@]1(NC(=O)[C@@H]1C[C@@H](OC(=O)Nc2onc(C)c2C)CN1C(=O)[C@@H](NC(=O)OC(C)(C)C)C(C)(C)C)C(=O)NS(=O)(=O)C1CC1. The minimum Gasteiger partial charge on any atom is -0.444 e. The number of hydrogen-bond acceptors (Lipinski definition) is 11. The van der Waals surface area contributed by atoms with E-state index in [4.69, 9.17) is 14.0 Å². The van der Waals surface area contributed by atoms with Crippen molar-refractivity contribution in [3.63, 3.8) is 0 Å². The first-order chi connectivity index (χ1) is 22.1. The number of carbonyl (C=O) groups is 5. The van der Waals surface area contributed by atoms with Crippen LogP contribution in [0.25, 0.3) is 0 Å². The highest BCUT2D eigenvalue weighted by molar-refractivity contribution is 7.91. The highest BCUT2D eigenvalue weighted by Gasteiger charge is 2.62. The zero-order valence-electron chi connectivity index (χ0n) is 28.6. The van der Waals surface area contributed by atoms with Crippen LogP contribution in [0.4, 0.5) is 15.5 Å². The van der Waals surface area contributed by atoms with Crippen LogP contribution < -0.4 is 20.7 Å². The summed E-state index contributed by atoms with van der Waals surface area (Å²) in [5.41, 5.74) is -2.18. The lowest BCUT2D eigenvalue weighted by molar-refractivity contribution is -0.143. The minimum absolute atomic E-state index is 0.0744. The Morgan fingerprint density at radius 1 is 1.08 bits per heavy atom. The Labute approximate surface area is 280 Å². The molecule has 1 aromatic heterocycles. The molecule has 17 heteroatoms. The van der Waals surface area contributed by atoms with Gasteiger partial charge in [-0.05, 0) is 59.3 Å². The minimum atomic E-state index is -3.92. The van der Waals surface area contributed by atoms with E-state index >= 15 is 0 Å². The van der Waals surface area contributed by atoms with Gasteiger partial charge in [-0.3, -0.25) is 24.4 Å². The summed E-state index contributed by atoms with van der Waals surface area (Å²) in [7, 11) is -3.92. The number of ether oxygens (including phenoxy) is 2. The summed E-state index contributed by atoms with van der Waals surface area (Å²) < 4.78 is 43.3. The molecule has 48 heavy (non-hydrogen) atoms. The van der Waals surface area contributed by atoms with Gasteiger partial charge in [0.25, 0.3) is 5.91 Å². The number of nitrogens with zero attached hydrogens (tertiary/aromatic N) is 2. The second-order valence-corrected chi connectivity index (χ2v) is 16.7. The van der Waals surface area contributed by atoms with Crippen molar-refractivity contribution in [3.8, 4) is 0 Å². The van der Waals surface area contributed by atoms with Gasteiger partial charge in [0, 0.05) is 17.9 Å². The molecular formula is C31H46N6O10S. The van der Waals surface area contributed by atoms with Crippen LogP contribution in [-0.2, 0) is 33.9 Å². The maximum atomic E-state index is 14.2. The van der Waals surface area contributed by atoms with Gasteiger partial charge in [0.2, 0.25) is 27.7 Å². The molecule has 1 unspecified atom stereocenters. The van der Waals surface area contributed by atoms with Crippen LogP contribution in [0.15, 0.2) is 17.2 Å². The van der Waals surface area contributed by atoms with Crippen LogP contribution in [-0.4, -0.2) is 89.5 Å². The molecule has 3 fully saturated rings. The Kier molecular flexibility index (Phi) is 9.97. The molecule has 0 radical (unpaired) electrons. The largest absolute Gasteiger partial charge is 0.444 e. The number of amides is 5. The van der Waals surface area contributed by atoms with Gasteiger partial charge >= 0.3 is 12.2 Å². The molecule has 2 heterocycles. The standard InChI is InChI=1S/C31H46N6O10S/c1-10-18-14-31(18,26(40)36-48(43,44)20-11-12-20)34-23(38)21-13-19(45-27(41)33-24-16(2)17(3)35-47-24)15-37(21)25(39)22(29(4,5)6)32-28(42)46-30(7,8)9/h10,18-22H,1,11-15H2,2-9H3,(H,32,42)(H,33,41)(H,34,38)(H,36,40)/t18?,19-,21+,22-,31-/m1/s1. The highest BCUT2D eigenvalue weighted by atomic mass is 32.2. The van der Waals surface area contributed by atoms with Crippen LogP contribution in [0.5, 0.6) is 0 Å². The number of nitrogens with one attached hydrogen (secondary N) is 4. The molecule has 4 N–H and O–H groups in total. The van der Waals surface area contributed by atoms with E-state index < -0.39 is 85.8 Å². The molecule has 5 amide bonds. The van der Waals surface area contributed by atoms with E-state index in [9.17, 15) is 32.4 Å². The fourth-order valence-corrected chi connectivity index (χ4v) is 6.80. The lowest BCUT2D eigenvalue weighted by Gasteiger charge is -2.36. The first-order valence-corrected chi connectivity index (χ1v) is 17.3. The lowest BCUT2D eigenvalue weighted by Crippen LogP contribution is -2.60. The number of carbonyl (C=O) groups excluding carboxylic acids is 5. The van der Waals surface area contributed by atoms with Gasteiger partial charge in [0.05, 0.1) is 17.5 Å².